The van der Waals surface area contributed by atoms with E-state index in [1.165, 1.54) is 22.9 Å². The van der Waals surface area contributed by atoms with E-state index in [2.05, 4.69) is 42.3 Å². The van der Waals surface area contributed by atoms with Crippen LogP contribution >= 0.6 is 0 Å². The molecule has 1 aliphatic rings. The topological polar surface area (TPSA) is 35.6 Å². The maximum absolute atomic E-state index is 13.7. The largest absolute Gasteiger partial charge is 0.368 e. The lowest BCUT2D eigenvalue weighted by molar-refractivity contribution is 0.208. The molecule has 0 unspecified atom stereocenters. The molecule has 2 aromatic rings. The normalized spacial score (nSPS) is 14.6. The summed E-state index contributed by atoms with van der Waals surface area (Å²) in [4.78, 5) is 16.2. The van der Waals surface area contributed by atoms with Crippen LogP contribution in [0.25, 0.3) is 0 Å². The van der Waals surface area contributed by atoms with Crippen LogP contribution in [0.1, 0.15) is 11.1 Å². The third-order valence-corrected chi connectivity index (χ3v) is 4.44. The number of amides is 2. The van der Waals surface area contributed by atoms with Gasteiger partial charge in [-0.25, -0.2) is 13.6 Å². The predicted molar refractivity (Wildman–Crippen MR) is 95.1 cm³/mol. The third-order valence-electron chi connectivity index (χ3n) is 4.44. The zero-order chi connectivity index (χ0) is 18.0. The minimum Gasteiger partial charge on any atom is -0.368 e. The van der Waals surface area contributed by atoms with Gasteiger partial charge in [0.25, 0.3) is 0 Å². The van der Waals surface area contributed by atoms with Crippen molar-refractivity contribution in [1.82, 2.24) is 4.90 Å². The zero-order valence-electron chi connectivity index (χ0n) is 14.4. The first-order valence-electron chi connectivity index (χ1n) is 8.27. The summed E-state index contributed by atoms with van der Waals surface area (Å²) in [6.07, 6.45) is 0. The summed E-state index contributed by atoms with van der Waals surface area (Å²) in [5, 5.41) is 2.51. The van der Waals surface area contributed by atoms with E-state index in [1.807, 2.05) is 0 Å². The Labute approximate surface area is 146 Å². The smallest absolute Gasteiger partial charge is 0.322 e. The molecule has 0 radical (unpaired) electrons. The summed E-state index contributed by atoms with van der Waals surface area (Å²) in [6.45, 7) is 6.65. The lowest BCUT2D eigenvalue weighted by Crippen LogP contribution is -2.50. The zero-order valence-corrected chi connectivity index (χ0v) is 14.4. The Hall–Kier alpha value is -2.63. The molecule has 0 aliphatic carbocycles. The van der Waals surface area contributed by atoms with E-state index in [0.29, 0.717) is 26.2 Å². The molecule has 0 saturated carbocycles. The number of halogens is 2. The summed E-state index contributed by atoms with van der Waals surface area (Å²) >= 11 is 0. The minimum atomic E-state index is -0.776. The lowest BCUT2D eigenvalue weighted by atomic mass is 10.1. The molecule has 25 heavy (non-hydrogen) atoms. The molecule has 3 rings (SSSR count). The molecule has 0 bridgehead atoms. The number of aryl methyl sites for hydroxylation is 2. The molecule has 132 valence electrons. The number of rotatable bonds is 2. The lowest BCUT2D eigenvalue weighted by Gasteiger charge is -2.36. The van der Waals surface area contributed by atoms with Gasteiger partial charge in [0.15, 0.2) is 0 Å². The van der Waals surface area contributed by atoms with E-state index in [4.69, 9.17) is 0 Å². The van der Waals surface area contributed by atoms with Gasteiger partial charge in [-0.2, -0.15) is 0 Å². The van der Waals surface area contributed by atoms with Crippen LogP contribution in [0, 0.1) is 25.5 Å². The average molecular weight is 345 g/mol. The van der Waals surface area contributed by atoms with Crippen molar-refractivity contribution in [1.29, 1.82) is 0 Å². The fourth-order valence-corrected chi connectivity index (χ4v) is 3.00. The number of hydrogen-bond acceptors (Lipinski definition) is 2. The molecule has 2 amide bonds. The highest BCUT2D eigenvalue weighted by Crippen LogP contribution is 2.23. The van der Waals surface area contributed by atoms with E-state index in [1.54, 1.807) is 4.90 Å². The molecule has 6 heteroatoms. The standard InChI is InChI=1S/C19H21F2N3O/c1-13-3-4-14(2)18(11-13)23-7-9-24(10-8-23)19(25)22-17-6-5-15(20)12-16(17)21/h3-6,11-12H,7-10H2,1-2H3,(H,22,25). The Balaban J connectivity index is 1.62. The van der Waals surface area contributed by atoms with E-state index in [-0.39, 0.29) is 11.7 Å². The molecule has 0 aromatic heterocycles. The molecular weight excluding hydrogens is 324 g/mol. The Bertz CT molecular complexity index is 786. The number of anilines is 2. The quantitative estimate of drug-likeness (QED) is 0.895. The number of hydrogen-bond donors (Lipinski definition) is 1. The van der Waals surface area contributed by atoms with Crippen molar-refractivity contribution in [3.8, 4) is 0 Å². The Morgan fingerprint density at radius 2 is 1.72 bits per heavy atom. The van der Waals surface area contributed by atoms with Gasteiger partial charge in [0.1, 0.15) is 11.6 Å². The van der Waals surface area contributed by atoms with Crippen molar-refractivity contribution < 1.29 is 13.6 Å². The molecule has 1 N–H and O–H groups in total. The van der Waals surface area contributed by atoms with Crippen LogP contribution in [0.2, 0.25) is 0 Å². The van der Waals surface area contributed by atoms with E-state index >= 15 is 0 Å². The summed E-state index contributed by atoms with van der Waals surface area (Å²) in [5.41, 5.74) is 3.58. The van der Waals surface area contributed by atoms with E-state index < -0.39 is 11.6 Å². The van der Waals surface area contributed by atoms with Crippen molar-refractivity contribution in [2.75, 3.05) is 36.4 Å². The van der Waals surface area contributed by atoms with Crippen molar-refractivity contribution in [3.05, 3.63) is 59.2 Å². The summed E-state index contributed by atoms with van der Waals surface area (Å²) in [7, 11) is 0. The highest BCUT2D eigenvalue weighted by atomic mass is 19.1. The Morgan fingerprint density at radius 1 is 1.00 bits per heavy atom. The van der Waals surface area contributed by atoms with Crippen LogP contribution in [0.4, 0.5) is 25.0 Å². The SMILES string of the molecule is Cc1ccc(C)c(N2CCN(C(=O)Nc3ccc(F)cc3F)CC2)c1. The summed E-state index contributed by atoms with van der Waals surface area (Å²) < 4.78 is 26.6. The molecule has 1 saturated heterocycles. The van der Waals surface area contributed by atoms with Crippen molar-refractivity contribution in [2.24, 2.45) is 0 Å². The Kier molecular flexibility index (Phi) is 4.88. The first-order valence-corrected chi connectivity index (χ1v) is 8.27. The molecule has 0 atom stereocenters. The van der Waals surface area contributed by atoms with Crippen molar-refractivity contribution in [3.63, 3.8) is 0 Å². The second-order valence-corrected chi connectivity index (χ2v) is 6.32. The maximum atomic E-state index is 13.7. The maximum Gasteiger partial charge on any atom is 0.322 e. The Morgan fingerprint density at radius 3 is 2.40 bits per heavy atom. The van der Waals surface area contributed by atoms with Crippen LogP contribution in [-0.4, -0.2) is 37.1 Å². The van der Waals surface area contributed by atoms with Crippen molar-refractivity contribution in [2.45, 2.75) is 13.8 Å². The molecule has 0 spiro atoms. The van der Waals surface area contributed by atoms with Gasteiger partial charge in [-0.15, -0.1) is 0 Å². The number of piperazine rings is 1. The number of benzene rings is 2. The molecule has 1 heterocycles. The van der Waals surface area contributed by atoms with E-state index in [0.717, 1.165) is 12.1 Å². The highest BCUT2D eigenvalue weighted by molar-refractivity contribution is 5.89. The fourth-order valence-electron chi connectivity index (χ4n) is 3.00. The minimum absolute atomic E-state index is 0.0108. The summed E-state index contributed by atoms with van der Waals surface area (Å²) in [6, 6.07) is 9.08. The van der Waals surface area contributed by atoms with E-state index in [9.17, 15) is 13.6 Å². The fraction of sp³-hybridized carbons (Fsp3) is 0.316. The highest BCUT2D eigenvalue weighted by Gasteiger charge is 2.22. The first-order chi connectivity index (χ1) is 11.9. The van der Waals surface area contributed by atoms with Crippen LogP contribution in [0.3, 0.4) is 0 Å². The number of carbonyl (C=O) groups is 1. The van der Waals surface area contributed by atoms with Crippen LogP contribution in [-0.2, 0) is 0 Å². The number of carbonyl (C=O) groups excluding carboxylic acids is 1. The van der Waals surface area contributed by atoms with Gasteiger partial charge in [-0.05, 0) is 43.2 Å². The van der Waals surface area contributed by atoms with Gasteiger partial charge in [0.2, 0.25) is 0 Å². The first kappa shape index (κ1) is 17.2. The number of nitrogens with one attached hydrogen (secondary N) is 1. The number of nitrogens with zero attached hydrogens (tertiary/aromatic N) is 2. The van der Waals surface area contributed by atoms with Gasteiger partial charge < -0.3 is 15.1 Å². The molecule has 2 aromatic carbocycles. The second kappa shape index (κ2) is 7.09. The molecule has 1 fully saturated rings. The average Bonchev–Trinajstić information content (AvgIpc) is 2.59. The van der Waals surface area contributed by atoms with Crippen LogP contribution in [0.15, 0.2) is 36.4 Å². The molecule has 1 aliphatic heterocycles. The van der Waals surface area contributed by atoms with Gasteiger partial charge >= 0.3 is 6.03 Å². The van der Waals surface area contributed by atoms with Crippen LogP contribution < -0.4 is 10.2 Å². The molecule has 4 nitrogen and oxygen atoms in total. The monoisotopic (exact) mass is 345 g/mol. The van der Waals surface area contributed by atoms with Gasteiger partial charge in [0, 0.05) is 37.9 Å². The van der Waals surface area contributed by atoms with Gasteiger partial charge in [-0.3, -0.25) is 0 Å². The van der Waals surface area contributed by atoms with Crippen molar-refractivity contribution >= 4 is 17.4 Å². The predicted octanol–water partition coefficient (Wildman–Crippen LogP) is 3.94. The van der Waals surface area contributed by atoms with Crippen LogP contribution in [0.5, 0.6) is 0 Å². The molecular formula is C19H21F2N3O. The third kappa shape index (κ3) is 3.90. The van der Waals surface area contributed by atoms with Gasteiger partial charge in [-0.1, -0.05) is 12.1 Å². The number of urea groups is 1. The summed E-state index contributed by atoms with van der Waals surface area (Å²) in [5.74, 6) is -1.44. The van der Waals surface area contributed by atoms with Gasteiger partial charge in [0.05, 0.1) is 5.69 Å². The second-order valence-electron chi connectivity index (χ2n) is 6.32.